The Balaban J connectivity index is 1.48. The second-order valence-electron chi connectivity index (χ2n) is 7.24. The summed E-state index contributed by atoms with van der Waals surface area (Å²) in [5.41, 5.74) is 3.54. The minimum atomic E-state index is 0.185. The molecule has 27 heavy (non-hydrogen) atoms. The first-order valence-electron chi connectivity index (χ1n) is 9.70. The fourth-order valence-electron chi connectivity index (χ4n) is 3.70. The number of hydrogen-bond acceptors (Lipinski definition) is 2. The Bertz CT molecular complexity index is 1060. The van der Waals surface area contributed by atoms with Crippen LogP contribution in [0.4, 0.5) is 0 Å². The van der Waals surface area contributed by atoms with Crippen molar-refractivity contribution in [2.45, 2.75) is 39.2 Å². The first-order valence-corrected chi connectivity index (χ1v) is 9.70. The number of benzene rings is 3. The van der Waals surface area contributed by atoms with Crippen molar-refractivity contribution in [1.82, 2.24) is 4.98 Å². The van der Waals surface area contributed by atoms with Crippen molar-refractivity contribution in [3.05, 3.63) is 84.1 Å². The summed E-state index contributed by atoms with van der Waals surface area (Å²) in [4.78, 5) is 4.70. The van der Waals surface area contributed by atoms with Crippen LogP contribution in [0.3, 0.4) is 0 Å². The van der Waals surface area contributed by atoms with Gasteiger partial charge in [0.2, 0.25) is 0 Å². The summed E-state index contributed by atoms with van der Waals surface area (Å²) in [7, 11) is 0. The molecular formula is C25H25NO. The summed E-state index contributed by atoms with van der Waals surface area (Å²) < 4.78 is 6.26. The number of rotatable bonds is 6. The van der Waals surface area contributed by atoms with E-state index < -0.39 is 0 Å². The third kappa shape index (κ3) is 3.80. The molecule has 0 amide bonds. The van der Waals surface area contributed by atoms with E-state index in [1.165, 1.54) is 21.7 Å². The molecule has 2 nitrogen and oxygen atoms in total. The van der Waals surface area contributed by atoms with Gasteiger partial charge in [0.15, 0.2) is 0 Å². The number of aromatic nitrogens is 1. The highest BCUT2D eigenvalue weighted by Crippen LogP contribution is 2.31. The molecule has 0 aliphatic rings. The van der Waals surface area contributed by atoms with E-state index in [1.54, 1.807) is 0 Å². The van der Waals surface area contributed by atoms with Gasteiger partial charge in [0.25, 0.3) is 0 Å². The molecule has 136 valence electrons. The average molecular weight is 355 g/mol. The zero-order valence-corrected chi connectivity index (χ0v) is 16.0. The van der Waals surface area contributed by atoms with E-state index in [4.69, 9.17) is 9.72 Å². The quantitative estimate of drug-likeness (QED) is 0.369. The molecule has 1 atom stereocenters. The van der Waals surface area contributed by atoms with Crippen LogP contribution < -0.4 is 4.74 Å². The van der Waals surface area contributed by atoms with Crippen LogP contribution in [0, 0.1) is 6.92 Å². The summed E-state index contributed by atoms with van der Waals surface area (Å²) in [6.07, 6.45) is 5.40. The lowest BCUT2D eigenvalue weighted by molar-refractivity contribution is 0.207. The maximum absolute atomic E-state index is 6.26. The maximum Gasteiger partial charge on any atom is 0.124 e. The summed E-state index contributed by atoms with van der Waals surface area (Å²) in [5, 5.41) is 3.61. The molecule has 1 unspecified atom stereocenters. The monoisotopic (exact) mass is 355 g/mol. The zero-order valence-electron chi connectivity index (χ0n) is 16.0. The predicted molar refractivity (Wildman–Crippen MR) is 113 cm³/mol. The van der Waals surface area contributed by atoms with Gasteiger partial charge >= 0.3 is 0 Å². The van der Waals surface area contributed by atoms with Gasteiger partial charge in [0.1, 0.15) is 5.75 Å². The van der Waals surface area contributed by atoms with Crippen LogP contribution >= 0.6 is 0 Å². The van der Waals surface area contributed by atoms with Crippen molar-refractivity contribution in [2.24, 2.45) is 0 Å². The molecule has 0 fully saturated rings. The number of aryl methyl sites for hydroxylation is 2. The first-order chi connectivity index (χ1) is 13.2. The summed E-state index contributed by atoms with van der Waals surface area (Å²) in [5.74, 6) is 0.942. The van der Waals surface area contributed by atoms with Gasteiger partial charge in [-0.1, -0.05) is 54.6 Å². The highest BCUT2D eigenvalue weighted by atomic mass is 16.5. The van der Waals surface area contributed by atoms with Crippen molar-refractivity contribution in [1.29, 1.82) is 0 Å². The Kier molecular flexibility index (Phi) is 5.06. The smallest absolute Gasteiger partial charge is 0.124 e. The molecule has 1 heterocycles. The van der Waals surface area contributed by atoms with Gasteiger partial charge < -0.3 is 4.74 Å². The molecule has 0 saturated heterocycles. The zero-order chi connectivity index (χ0) is 18.6. The van der Waals surface area contributed by atoms with Crippen molar-refractivity contribution in [3.8, 4) is 5.75 Å². The highest BCUT2D eigenvalue weighted by molar-refractivity contribution is 6.06. The van der Waals surface area contributed by atoms with E-state index in [0.29, 0.717) is 0 Å². The van der Waals surface area contributed by atoms with Crippen LogP contribution in [-0.2, 0) is 6.42 Å². The van der Waals surface area contributed by atoms with E-state index in [1.807, 2.05) is 6.20 Å². The van der Waals surface area contributed by atoms with E-state index in [2.05, 4.69) is 80.6 Å². The van der Waals surface area contributed by atoms with E-state index in [9.17, 15) is 0 Å². The van der Waals surface area contributed by atoms with E-state index >= 15 is 0 Å². The predicted octanol–water partition coefficient (Wildman–Crippen LogP) is 6.49. The fourth-order valence-corrected chi connectivity index (χ4v) is 3.70. The van der Waals surface area contributed by atoms with Crippen LogP contribution in [-0.4, -0.2) is 11.1 Å². The normalized spacial score (nSPS) is 12.4. The molecule has 0 N–H and O–H groups in total. The number of ether oxygens (including phenoxy) is 1. The van der Waals surface area contributed by atoms with Gasteiger partial charge in [-0.15, -0.1) is 0 Å². The van der Waals surface area contributed by atoms with Gasteiger partial charge in [-0.05, 0) is 56.2 Å². The number of fused-ring (bicyclic) bond motifs is 3. The number of hydrogen-bond donors (Lipinski definition) is 0. The van der Waals surface area contributed by atoms with Crippen molar-refractivity contribution in [3.63, 3.8) is 0 Å². The summed E-state index contributed by atoms with van der Waals surface area (Å²) in [6.45, 7) is 4.26. The molecule has 4 rings (SSSR count). The molecule has 4 aromatic rings. The molecule has 0 aliphatic heterocycles. The molecule has 0 aliphatic carbocycles. The van der Waals surface area contributed by atoms with Crippen LogP contribution in [0.2, 0.25) is 0 Å². The van der Waals surface area contributed by atoms with Gasteiger partial charge in [0.05, 0.1) is 11.6 Å². The topological polar surface area (TPSA) is 22.1 Å². The second kappa shape index (κ2) is 7.79. The van der Waals surface area contributed by atoms with Crippen LogP contribution in [0.5, 0.6) is 5.75 Å². The summed E-state index contributed by atoms with van der Waals surface area (Å²) in [6, 6.07) is 23.3. The molecule has 0 spiro atoms. The summed E-state index contributed by atoms with van der Waals surface area (Å²) >= 11 is 0. The lowest BCUT2D eigenvalue weighted by atomic mass is 10.0. The fraction of sp³-hybridized carbons (Fsp3) is 0.240. The molecule has 2 heteroatoms. The average Bonchev–Trinajstić information content (AvgIpc) is 2.70. The van der Waals surface area contributed by atoms with Crippen LogP contribution in [0.25, 0.3) is 21.7 Å². The SMILES string of the molecule is Cc1c(OC(C)CCCc2ccccc2)ccc2c1ncc1ccccc12. The Morgan fingerprint density at radius 1 is 0.889 bits per heavy atom. The lowest BCUT2D eigenvalue weighted by Crippen LogP contribution is -2.12. The second-order valence-corrected chi connectivity index (χ2v) is 7.24. The Hall–Kier alpha value is -2.87. The van der Waals surface area contributed by atoms with Crippen molar-refractivity contribution in [2.75, 3.05) is 0 Å². The molecule has 0 saturated carbocycles. The van der Waals surface area contributed by atoms with Crippen molar-refractivity contribution < 1.29 is 4.74 Å². The molecule has 0 radical (unpaired) electrons. The Morgan fingerprint density at radius 3 is 2.52 bits per heavy atom. The highest BCUT2D eigenvalue weighted by Gasteiger charge is 2.11. The third-order valence-corrected chi connectivity index (χ3v) is 5.21. The van der Waals surface area contributed by atoms with Gasteiger partial charge in [-0.2, -0.15) is 0 Å². The molecule has 0 bridgehead atoms. The lowest BCUT2D eigenvalue weighted by Gasteiger charge is -2.17. The van der Waals surface area contributed by atoms with E-state index in [-0.39, 0.29) is 6.10 Å². The van der Waals surface area contributed by atoms with Crippen molar-refractivity contribution >= 4 is 21.7 Å². The van der Waals surface area contributed by atoms with Crippen LogP contribution in [0.1, 0.15) is 30.9 Å². The number of nitrogens with zero attached hydrogens (tertiary/aromatic N) is 1. The maximum atomic E-state index is 6.26. The largest absolute Gasteiger partial charge is 0.490 e. The number of pyridine rings is 1. The van der Waals surface area contributed by atoms with Gasteiger partial charge in [-0.3, -0.25) is 4.98 Å². The van der Waals surface area contributed by atoms with Crippen LogP contribution in [0.15, 0.2) is 72.9 Å². The molecule has 3 aromatic carbocycles. The minimum Gasteiger partial charge on any atom is -0.490 e. The van der Waals surface area contributed by atoms with Gasteiger partial charge in [0, 0.05) is 22.5 Å². The Labute approximate surface area is 160 Å². The third-order valence-electron chi connectivity index (χ3n) is 5.21. The Morgan fingerprint density at radius 2 is 1.67 bits per heavy atom. The van der Waals surface area contributed by atoms with Gasteiger partial charge in [-0.25, -0.2) is 0 Å². The van der Waals surface area contributed by atoms with E-state index in [0.717, 1.165) is 36.1 Å². The molecular weight excluding hydrogens is 330 g/mol. The standard InChI is InChI=1S/C25H25NO/c1-18(9-8-12-20-10-4-3-5-11-20)27-24-16-15-23-22-14-7-6-13-21(22)17-26-25(23)19(24)2/h3-7,10-11,13-18H,8-9,12H2,1-2H3. The minimum absolute atomic E-state index is 0.185. The first kappa shape index (κ1) is 17.5. The molecule has 1 aromatic heterocycles.